The van der Waals surface area contributed by atoms with Gasteiger partial charge in [0.05, 0.1) is 17.8 Å². The van der Waals surface area contributed by atoms with Crippen LogP contribution in [0.4, 0.5) is 5.13 Å². The first-order chi connectivity index (χ1) is 13.5. The Morgan fingerprint density at radius 2 is 1.79 bits per heavy atom. The third kappa shape index (κ3) is 5.37. The Kier molecular flexibility index (Phi) is 6.37. The van der Waals surface area contributed by atoms with Crippen LogP contribution in [0.15, 0.2) is 59.5 Å². The number of sulfone groups is 1. The number of hydrogen-bond acceptors (Lipinski definition) is 7. The number of ether oxygens (including phenoxy) is 1. The zero-order valence-corrected chi connectivity index (χ0v) is 16.8. The van der Waals surface area contributed by atoms with Crippen molar-refractivity contribution in [3.8, 4) is 5.75 Å². The zero-order valence-electron chi connectivity index (χ0n) is 15.2. The second kappa shape index (κ2) is 8.94. The summed E-state index contributed by atoms with van der Waals surface area (Å²) in [5, 5.41) is 11.7. The van der Waals surface area contributed by atoms with Crippen molar-refractivity contribution in [3.63, 3.8) is 0 Å². The fraction of sp³-hybridized carbons (Fsp3) is 0.211. The number of carbonyl (C=O) groups excluding carboxylic acids is 1. The fourth-order valence-corrected chi connectivity index (χ4v) is 4.50. The Morgan fingerprint density at radius 3 is 2.46 bits per heavy atom. The molecule has 0 aliphatic rings. The summed E-state index contributed by atoms with van der Waals surface area (Å²) in [6.45, 7) is 0. The summed E-state index contributed by atoms with van der Waals surface area (Å²) in [6.07, 6.45) is 0.435. The number of aromatic nitrogens is 2. The lowest BCUT2D eigenvalue weighted by molar-refractivity contribution is -0.115. The minimum absolute atomic E-state index is 0.148. The van der Waals surface area contributed by atoms with E-state index in [0.29, 0.717) is 11.6 Å². The van der Waals surface area contributed by atoms with E-state index in [2.05, 4.69) is 15.5 Å². The van der Waals surface area contributed by atoms with Crippen LogP contribution in [0.1, 0.15) is 17.0 Å². The zero-order chi connectivity index (χ0) is 20.0. The minimum Gasteiger partial charge on any atom is -0.497 e. The molecule has 0 fully saturated rings. The summed E-state index contributed by atoms with van der Waals surface area (Å²) in [4.78, 5) is 12.3. The molecule has 1 aromatic heterocycles. The normalized spacial score (nSPS) is 11.2. The molecule has 7 nitrogen and oxygen atoms in total. The van der Waals surface area contributed by atoms with E-state index in [1.54, 1.807) is 25.3 Å². The molecule has 0 aliphatic carbocycles. The molecule has 28 heavy (non-hydrogen) atoms. The van der Waals surface area contributed by atoms with Crippen molar-refractivity contribution in [1.82, 2.24) is 10.2 Å². The molecule has 0 aliphatic heterocycles. The van der Waals surface area contributed by atoms with Gasteiger partial charge in [0.2, 0.25) is 11.0 Å². The van der Waals surface area contributed by atoms with Crippen LogP contribution in [0.2, 0.25) is 0 Å². The van der Waals surface area contributed by atoms with Gasteiger partial charge in [-0.15, -0.1) is 10.2 Å². The van der Waals surface area contributed by atoms with E-state index in [1.807, 2.05) is 24.3 Å². The molecule has 2 aromatic carbocycles. The number of nitrogens with zero attached hydrogens (tertiary/aromatic N) is 2. The number of methoxy groups -OCH3 is 1. The Morgan fingerprint density at radius 1 is 1.07 bits per heavy atom. The summed E-state index contributed by atoms with van der Waals surface area (Å²) in [5.74, 6) is 0.103. The first-order valence-electron chi connectivity index (χ1n) is 8.49. The Balaban J connectivity index is 1.53. The van der Waals surface area contributed by atoms with Gasteiger partial charge in [0.15, 0.2) is 9.84 Å². The average Bonchev–Trinajstić information content (AvgIpc) is 3.14. The van der Waals surface area contributed by atoms with Gasteiger partial charge in [0, 0.05) is 12.8 Å². The van der Waals surface area contributed by atoms with E-state index in [4.69, 9.17) is 4.74 Å². The van der Waals surface area contributed by atoms with E-state index in [-0.39, 0.29) is 17.1 Å². The van der Waals surface area contributed by atoms with Crippen molar-refractivity contribution in [2.75, 3.05) is 18.2 Å². The fourth-order valence-electron chi connectivity index (χ4n) is 2.45. The molecule has 0 saturated carbocycles. The molecule has 0 saturated heterocycles. The highest BCUT2D eigenvalue weighted by molar-refractivity contribution is 7.91. The highest BCUT2D eigenvalue weighted by Gasteiger charge is 2.17. The van der Waals surface area contributed by atoms with Crippen molar-refractivity contribution < 1.29 is 17.9 Å². The first-order valence-corrected chi connectivity index (χ1v) is 11.0. The quantitative estimate of drug-likeness (QED) is 0.605. The lowest BCUT2D eigenvalue weighted by atomic mass is 10.1. The van der Waals surface area contributed by atoms with Crippen LogP contribution in [0, 0.1) is 0 Å². The van der Waals surface area contributed by atoms with Crippen LogP contribution < -0.4 is 10.1 Å². The van der Waals surface area contributed by atoms with Crippen molar-refractivity contribution in [3.05, 3.63) is 65.2 Å². The van der Waals surface area contributed by atoms with Crippen LogP contribution in [0.25, 0.3) is 0 Å². The van der Waals surface area contributed by atoms with E-state index in [1.165, 1.54) is 23.5 Å². The molecule has 0 bridgehead atoms. The molecule has 0 radical (unpaired) electrons. The Labute approximate surface area is 167 Å². The predicted molar refractivity (Wildman–Crippen MR) is 107 cm³/mol. The Bertz CT molecular complexity index is 1030. The van der Waals surface area contributed by atoms with Crippen molar-refractivity contribution in [1.29, 1.82) is 0 Å². The first kappa shape index (κ1) is 20.0. The second-order valence-electron chi connectivity index (χ2n) is 5.96. The molecular weight excluding hydrogens is 398 g/mol. The summed E-state index contributed by atoms with van der Waals surface area (Å²) < 4.78 is 29.6. The second-order valence-corrected chi connectivity index (χ2v) is 9.13. The summed E-state index contributed by atoms with van der Waals surface area (Å²) in [7, 11) is -1.88. The molecule has 3 rings (SSSR count). The van der Waals surface area contributed by atoms with Gasteiger partial charge in [-0.2, -0.15) is 0 Å². The van der Waals surface area contributed by atoms with Crippen LogP contribution >= 0.6 is 11.3 Å². The van der Waals surface area contributed by atoms with Crippen molar-refractivity contribution in [2.45, 2.75) is 17.7 Å². The monoisotopic (exact) mass is 417 g/mol. The van der Waals surface area contributed by atoms with Gasteiger partial charge in [-0.3, -0.25) is 4.79 Å². The summed E-state index contributed by atoms with van der Waals surface area (Å²) in [5.41, 5.74) is 1.05. The maximum Gasteiger partial charge on any atom is 0.227 e. The maximum atomic E-state index is 12.2. The molecule has 1 amide bonds. The predicted octanol–water partition coefficient (Wildman–Crippen LogP) is 2.94. The lowest BCUT2D eigenvalue weighted by Crippen LogP contribution is -2.17. The van der Waals surface area contributed by atoms with Crippen LogP contribution in [-0.2, 0) is 21.1 Å². The lowest BCUT2D eigenvalue weighted by Gasteiger charge is -2.04. The van der Waals surface area contributed by atoms with Gasteiger partial charge in [-0.05, 0) is 29.8 Å². The third-order valence-corrected chi connectivity index (χ3v) is 6.50. The highest BCUT2D eigenvalue weighted by atomic mass is 32.2. The summed E-state index contributed by atoms with van der Waals surface area (Å²) in [6, 6.07) is 15.7. The van der Waals surface area contributed by atoms with E-state index in [9.17, 15) is 13.2 Å². The number of carbonyl (C=O) groups is 1. The van der Waals surface area contributed by atoms with E-state index < -0.39 is 15.7 Å². The van der Waals surface area contributed by atoms with Gasteiger partial charge >= 0.3 is 0 Å². The van der Waals surface area contributed by atoms with Crippen LogP contribution in [0.5, 0.6) is 5.75 Å². The molecule has 146 valence electrons. The molecule has 0 spiro atoms. The average molecular weight is 418 g/mol. The standard InChI is InChI=1S/C19H19N3O4S2/c1-26-15-9-7-14(8-10-15)13-18-21-22-19(27-18)20-17(23)11-12-28(24,25)16-5-3-2-4-6-16/h2-10H,11-13H2,1H3,(H,20,22,23). The van der Waals surface area contributed by atoms with Gasteiger partial charge in [-0.1, -0.05) is 41.7 Å². The molecule has 1 N–H and O–H groups in total. The van der Waals surface area contributed by atoms with Crippen LogP contribution in [0.3, 0.4) is 0 Å². The van der Waals surface area contributed by atoms with Gasteiger partial charge in [0.25, 0.3) is 0 Å². The maximum absolute atomic E-state index is 12.2. The van der Waals surface area contributed by atoms with Gasteiger partial charge in [0.1, 0.15) is 10.8 Å². The number of anilines is 1. The molecule has 1 heterocycles. The van der Waals surface area contributed by atoms with E-state index in [0.717, 1.165) is 16.3 Å². The molecule has 0 unspecified atom stereocenters. The highest BCUT2D eigenvalue weighted by Crippen LogP contribution is 2.20. The van der Waals surface area contributed by atoms with Crippen LogP contribution in [-0.4, -0.2) is 37.4 Å². The van der Waals surface area contributed by atoms with Gasteiger partial charge in [-0.25, -0.2) is 8.42 Å². The molecular formula is C19H19N3O4S2. The number of rotatable bonds is 8. The SMILES string of the molecule is COc1ccc(Cc2nnc(NC(=O)CCS(=O)(=O)c3ccccc3)s2)cc1. The molecule has 9 heteroatoms. The number of benzene rings is 2. The minimum atomic E-state index is -3.49. The molecule has 0 atom stereocenters. The van der Waals surface area contributed by atoms with Crippen molar-refractivity contribution in [2.24, 2.45) is 0 Å². The summed E-state index contributed by atoms with van der Waals surface area (Å²) >= 11 is 1.26. The number of amides is 1. The number of hydrogen-bond donors (Lipinski definition) is 1. The third-order valence-electron chi connectivity index (χ3n) is 3.93. The van der Waals surface area contributed by atoms with Crippen molar-refractivity contribution >= 4 is 32.2 Å². The van der Waals surface area contributed by atoms with Gasteiger partial charge < -0.3 is 10.1 Å². The van der Waals surface area contributed by atoms with E-state index >= 15 is 0 Å². The number of nitrogens with one attached hydrogen (secondary N) is 1. The largest absolute Gasteiger partial charge is 0.497 e. The molecule has 3 aromatic rings. The Hall–Kier alpha value is -2.78. The topological polar surface area (TPSA) is 98.2 Å². The smallest absolute Gasteiger partial charge is 0.227 e.